The first-order valence-electron chi connectivity index (χ1n) is 4.80. The van der Waals surface area contributed by atoms with Crippen molar-refractivity contribution in [1.82, 2.24) is 4.98 Å². The Balaban J connectivity index is 2.21. The lowest BCUT2D eigenvalue weighted by Crippen LogP contribution is -2.02. The van der Waals surface area contributed by atoms with Crippen molar-refractivity contribution in [3.63, 3.8) is 0 Å². The summed E-state index contributed by atoms with van der Waals surface area (Å²) in [4.78, 5) is 4.02. The molecule has 1 heterocycles. The number of aliphatic hydroxyl groups is 1. The lowest BCUT2D eigenvalue weighted by Gasteiger charge is -2.10. The quantitative estimate of drug-likeness (QED) is 0.913. The Morgan fingerprint density at radius 1 is 1.24 bits per heavy atom. The first kappa shape index (κ1) is 13.1. The van der Waals surface area contributed by atoms with Crippen LogP contribution >= 0.6 is 46.1 Å². The van der Waals surface area contributed by atoms with Gasteiger partial charge in [-0.15, -0.1) is 11.3 Å². The standard InChI is InChI=1S/C11H8Cl3NOS/c12-7-2-1-3-8(13)6(7)4-9(16)11-15-5-10(14)17-11/h1-3,5,9,16H,4H2. The Hall–Kier alpha value is -0.320. The fourth-order valence-electron chi connectivity index (χ4n) is 1.43. The van der Waals surface area contributed by atoms with Crippen molar-refractivity contribution in [1.29, 1.82) is 0 Å². The van der Waals surface area contributed by atoms with Crippen LogP contribution in [0.3, 0.4) is 0 Å². The van der Waals surface area contributed by atoms with Crippen molar-refractivity contribution in [3.8, 4) is 0 Å². The Labute approximate surface area is 118 Å². The summed E-state index contributed by atoms with van der Waals surface area (Å²) in [7, 11) is 0. The Morgan fingerprint density at radius 3 is 2.41 bits per heavy atom. The van der Waals surface area contributed by atoms with E-state index in [1.54, 1.807) is 18.2 Å². The summed E-state index contributed by atoms with van der Waals surface area (Å²) in [5, 5.41) is 11.7. The van der Waals surface area contributed by atoms with Gasteiger partial charge in [-0.2, -0.15) is 0 Å². The largest absolute Gasteiger partial charge is 0.386 e. The molecule has 2 rings (SSSR count). The van der Waals surface area contributed by atoms with Gasteiger partial charge in [0.1, 0.15) is 15.4 Å². The number of hydrogen-bond donors (Lipinski definition) is 1. The van der Waals surface area contributed by atoms with Crippen molar-refractivity contribution in [2.75, 3.05) is 0 Å². The highest BCUT2D eigenvalue weighted by Crippen LogP contribution is 2.31. The number of hydrogen-bond acceptors (Lipinski definition) is 3. The minimum Gasteiger partial charge on any atom is -0.386 e. The van der Waals surface area contributed by atoms with Gasteiger partial charge in [-0.05, 0) is 17.7 Å². The summed E-state index contributed by atoms with van der Waals surface area (Å²) in [6, 6.07) is 5.25. The molecule has 90 valence electrons. The lowest BCUT2D eigenvalue weighted by molar-refractivity contribution is 0.178. The van der Waals surface area contributed by atoms with Crippen LogP contribution in [0.1, 0.15) is 16.7 Å². The van der Waals surface area contributed by atoms with E-state index in [0.29, 0.717) is 25.8 Å². The van der Waals surface area contributed by atoms with Gasteiger partial charge in [0.2, 0.25) is 0 Å². The summed E-state index contributed by atoms with van der Waals surface area (Å²) in [6.07, 6.45) is 1.09. The van der Waals surface area contributed by atoms with Crippen LogP contribution in [-0.4, -0.2) is 10.1 Å². The number of halogens is 3. The molecule has 0 bridgehead atoms. The van der Waals surface area contributed by atoms with Crippen LogP contribution in [0.4, 0.5) is 0 Å². The van der Waals surface area contributed by atoms with Gasteiger partial charge in [0.05, 0.1) is 6.20 Å². The van der Waals surface area contributed by atoms with Crippen molar-refractivity contribution in [2.45, 2.75) is 12.5 Å². The number of aliphatic hydroxyl groups excluding tert-OH is 1. The van der Waals surface area contributed by atoms with Crippen LogP contribution in [0.2, 0.25) is 14.4 Å². The second kappa shape index (κ2) is 5.55. The normalized spacial score (nSPS) is 12.7. The highest BCUT2D eigenvalue weighted by molar-refractivity contribution is 7.15. The maximum atomic E-state index is 10.0. The highest BCUT2D eigenvalue weighted by Gasteiger charge is 2.16. The van der Waals surface area contributed by atoms with Crippen LogP contribution < -0.4 is 0 Å². The Morgan fingerprint density at radius 2 is 1.88 bits per heavy atom. The molecule has 0 fully saturated rings. The second-order valence-electron chi connectivity index (χ2n) is 3.42. The van der Waals surface area contributed by atoms with Gasteiger partial charge in [-0.1, -0.05) is 40.9 Å². The van der Waals surface area contributed by atoms with Gasteiger partial charge < -0.3 is 5.11 Å². The molecule has 0 aliphatic rings. The predicted molar refractivity (Wildman–Crippen MR) is 72.2 cm³/mol. The molecular formula is C11H8Cl3NOS. The van der Waals surface area contributed by atoms with Crippen molar-refractivity contribution in [3.05, 3.63) is 49.3 Å². The number of rotatable bonds is 3. The van der Waals surface area contributed by atoms with Crippen LogP contribution in [0, 0.1) is 0 Å². The topological polar surface area (TPSA) is 33.1 Å². The fourth-order valence-corrected chi connectivity index (χ4v) is 2.90. The molecule has 0 radical (unpaired) electrons. The summed E-state index contributed by atoms with van der Waals surface area (Å²) in [6.45, 7) is 0. The first-order valence-corrected chi connectivity index (χ1v) is 6.75. The molecule has 1 aromatic heterocycles. The SMILES string of the molecule is OC(Cc1c(Cl)cccc1Cl)c1ncc(Cl)s1. The number of aromatic nitrogens is 1. The molecule has 1 N–H and O–H groups in total. The summed E-state index contributed by atoms with van der Waals surface area (Å²) in [5.74, 6) is 0. The summed E-state index contributed by atoms with van der Waals surface area (Å²) >= 11 is 19.1. The molecule has 0 amide bonds. The van der Waals surface area contributed by atoms with Crippen molar-refractivity contribution >= 4 is 46.1 Å². The van der Waals surface area contributed by atoms with Crippen molar-refractivity contribution in [2.24, 2.45) is 0 Å². The molecule has 1 atom stereocenters. The zero-order valence-corrected chi connectivity index (χ0v) is 11.6. The molecule has 6 heteroatoms. The van der Waals surface area contributed by atoms with Gasteiger partial charge in [0.15, 0.2) is 0 Å². The highest BCUT2D eigenvalue weighted by atomic mass is 35.5. The van der Waals surface area contributed by atoms with Gasteiger partial charge >= 0.3 is 0 Å². The van der Waals surface area contributed by atoms with E-state index in [1.807, 2.05) is 0 Å². The van der Waals surface area contributed by atoms with E-state index in [1.165, 1.54) is 17.5 Å². The maximum absolute atomic E-state index is 10.0. The zero-order chi connectivity index (χ0) is 12.4. The molecule has 1 aromatic carbocycles. The van der Waals surface area contributed by atoms with E-state index in [4.69, 9.17) is 34.8 Å². The molecule has 0 aliphatic carbocycles. The van der Waals surface area contributed by atoms with E-state index in [-0.39, 0.29) is 0 Å². The third kappa shape index (κ3) is 3.12. The monoisotopic (exact) mass is 307 g/mol. The zero-order valence-electron chi connectivity index (χ0n) is 8.53. The van der Waals surface area contributed by atoms with E-state index in [0.717, 1.165) is 5.56 Å². The Bertz CT molecular complexity index is 509. The van der Waals surface area contributed by atoms with Gasteiger partial charge in [0.25, 0.3) is 0 Å². The molecule has 0 saturated heterocycles. The van der Waals surface area contributed by atoms with Crippen LogP contribution in [0.5, 0.6) is 0 Å². The van der Waals surface area contributed by atoms with E-state index in [9.17, 15) is 5.11 Å². The van der Waals surface area contributed by atoms with E-state index >= 15 is 0 Å². The smallest absolute Gasteiger partial charge is 0.123 e. The van der Waals surface area contributed by atoms with Gasteiger partial charge in [-0.25, -0.2) is 4.98 Å². The Kier molecular flexibility index (Phi) is 4.28. The number of benzene rings is 1. The molecule has 0 aliphatic heterocycles. The molecular weight excluding hydrogens is 301 g/mol. The third-order valence-electron chi connectivity index (χ3n) is 2.24. The second-order valence-corrected chi connectivity index (χ2v) is 5.93. The minimum absolute atomic E-state index is 0.322. The molecule has 0 spiro atoms. The predicted octanol–water partition coefficient (Wildman–Crippen LogP) is 4.38. The fraction of sp³-hybridized carbons (Fsp3) is 0.182. The molecule has 1 unspecified atom stereocenters. The van der Waals surface area contributed by atoms with Crippen LogP contribution in [-0.2, 0) is 6.42 Å². The number of thiazole rings is 1. The van der Waals surface area contributed by atoms with Gasteiger partial charge in [0, 0.05) is 16.5 Å². The lowest BCUT2D eigenvalue weighted by atomic mass is 10.1. The van der Waals surface area contributed by atoms with E-state index in [2.05, 4.69) is 4.98 Å². The molecule has 0 saturated carbocycles. The molecule has 17 heavy (non-hydrogen) atoms. The summed E-state index contributed by atoms with van der Waals surface area (Å²) in [5.41, 5.74) is 0.717. The molecule has 2 aromatic rings. The van der Waals surface area contributed by atoms with Crippen LogP contribution in [0.25, 0.3) is 0 Å². The van der Waals surface area contributed by atoms with Crippen molar-refractivity contribution < 1.29 is 5.11 Å². The van der Waals surface area contributed by atoms with Crippen LogP contribution in [0.15, 0.2) is 24.4 Å². The average Bonchev–Trinajstić information content (AvgIpc) is 2.70. The van der Waals surface area contributed by atoms with Gasteiger partial charge in [-0.3, -0.25) is 0 Å². The van der Waals surface area contributed by atoms with E-state index < -0.39 is 6.10 Å². The average molecular weight is 309 g/mol. The summed E-state index contributed by atoms with van der Waals surface area (Å²) < 4.78 is 0.546. The first-order chi connectivity index (χ1) is 8.08. The molecule has 2 nitrogen and oxygen atoms in total. The number of nitrogens with zero attached hydrogens (tertiary/aromatic N) is 1. The third-order valence-corrected chi connectivity index (χ3v) is 4.16. The minimum atomic E-state index is -0.745. The maximum Gasteiger partial charge on any atom is 0.123 e.